The average Bonchev–Trinajstić information content (AvgIpc) is 2.46. The van der Waals surface area contributed by atoms with E-state index in [9.17, 15) is 4.79 Å². The molecule has 0 aromatic heterocycles. The lowest BCUT2D eigenvalue weighted by molar-refractivity contribution is 0.0600. The van der Waals surface area contributed by atoms with Gasteiger partial charge in [-0.05, 0) is 44.9 Å². The van der Waals surface area contributed by atoms with Gasteiger partial charge in [-0.2, -0.15) is 0 Å². The number of carbonyl (C=O) groups is 1. The average molecular weight is 419 g/mol. The maximum Gasteiger partial charge on any atom is 0.337 e. The molecule has 0 radical (unpaired) electrons. The Morgan fingerprint density at radius 2 is 1.91 bits per heavy atom. The summed E-state index contributed by atoms with van der Waals surface area (Å²) in [6.45, 7) is 7.74. The van der Waals surface area contributed by atoms with E-state index in [0.29, 0.717) is 18.2 Å². The fraction of sp³-hybridized carbons (Fsp3) is 0.500. The molecule has 5 nitrogen and oxygen atoms in total. The molecule has 0 fully saturated rings. The Balaban J connectivity index is 0.00000441. The number of ether oxygens (including phenoxy) is 1. The quantitative estimate of drug-likeness (QED) is 0.322. The number of hydrogen-bond acceptors (Lipinski definition) is 3. The van der Waals surface area contributed by atoms with Crippen LogP contribution in [0, 0.1) is 0 Å². The summed E-state index contributed by atoms with van der Waals surface area (Å²) >= 11 is 0. The van der Waals surface area contributed by atoms with Crippen molar-refractivity contribution in [3.05, 3.63) is 35.4 Å². The smallest absolute Gasteiger partial charge is 0.337 e. The van der Waals surface area contributed by atoms with Gasteiger partial charge in [0.1, 0.15) is 0 Å². The van der Waals surface area contributed by atoms with Crippen molar-refractivity contribution < 1.29 is 9.53 Å². The van der Waals surface area contributed by atoms with Crippen molar-refractivity contribution in [2.45, 2.75) is 33.2 Å². The lowest BCUT2D eigenvalue weighted by Gasteiger charge is -2.13. The lowest BCUT2D eigenvalue weighted by atomic mass is 10.1. The first-order valence-corrected chi connectivity index (χ1v) is 7.29. The highest BCUT2D eigenvalue weighted by molar-refractivity contribution is 14.0. The van der Waals surface area contributed by atoms with Crippen LogP contribution < -0.4 is 10.6 Å². The second-order valence-corrected chi connectivity index (χ2v) is 5.00. The monoisotopic (exact) mass is 419 g/mol. The van der Waals surface area contributed by atoms with Crippen molar-refractivity contribution in [1.29, 1.82) is 0 Å². The summed E-state index contributed by atoms with van der Waals surface area (Å²) in [5, 5.41) is 6.49. The predicted molar refractivity (Wildman–Crippen MR) is 101 cm³/mol. The molecule has 6 heteroatoms. The summed E-state index contributed by atoms with van der Waals surface area (Å²) in [5.74, 6) is 0.522. The maximum atomic E-state index is 11.3. The van der Waals surface area contributed by atoms with Gasteiger partial charge in [0.15, 0.2) is 5.96 Å². The van der Waals surface area contributed by atoms with E-state index in [1.807, 2.05) is 19.1 Å². The number of guanidine groups is 1. The molecule has 1 rings (SSSR count). The van der Waals surface area contributed by atoms with Crippen LogP contribution in [0.5, 0.6) is 0 Å². The van der Waals surface area contributed by atoms with E-state index < -0.39 is 0 Å². The van der Waals surface area contributed by atoms with Gasteiger partial charge < -0.3 is 15.4 Å². The Morgan fingerprint density at radius 1 is 1.27 bits per heavy atom. The third kappa shape index (κ3) is 7.63. The molecule has 0 aliphatic carbocycles. The van der Waals surface area contributed by atoms with E-state index in [2.05, 4.69) is 34.2 Å². The number of methoxy groups -OCH3 is 1. The molecule has 0 unspecified atom stereocenters. The van der Waals surface area contributed by atoms with Gasteiger partial charge >= 0.3 is 5.97 Å². The van der Waals surface area contributed by atoms with Crippen molar-refractivity contribution >= 4 is 35.9 Å². The Hall–Kier alpha value is -1.31. The van der Waals surface area contributed by atoms with Crippen LogP contribution in [-0.4, -0.2) is 38.2 Å². The first-order valence-electron chi connectivity index (χ1n) is 7.29. The predicted octanol–water partition coefficient (Wildman–Crippen LogP) is 2.60. The summed E-state index contributed by atoms with van der Waals surface area (Å²) in [4.78, 5) is 15.9. The number of benzene rings is 1. The highest BCUT2D eigenvalue weighted by Gasteiger charge is 2.04. The topological polar surface area (TPSA) is 62.7 Å². The molecule has 1 aromatic rings. The van der Waals surface area contributed by atoms with Gasteiger partial charge in [0, 0.05) is 19.1 Å². The van der Waals surface area contributed by atoms with Gasteiger partial charge in [-0.3, -0.25) is 4.99 Å². The van der Waals surface area contributed by atoms with Crippen molar-refractivity contribution in [2.75, 3.05) is 20.2 Å². The van der Waals surface area contributed by atoms with E-state index in [1.165, 1.54) is 7.11 Å². The summed E-state index contributed by atoms with van der Waals surface area (Å²) in [6.07, 6.45) is 0.829. The normalized spacial score (nSPS) is 10.9. The molecule has 2 N–H and O–H groups in total. The van der Waals surface area contributed by atoms with Crippen molar-refractivity contribution in [3.8, 4) is 0 Å². The first kappa shape index (κ1) is 20.7. The summed E-state index contributed by atoms with van der Waals surface area (Å²) in [7, 11) is 1.38. The number of nitrogens with one attached hydrogen (secondary N) is 2. The summed E-state index contributed by atoms with van der Waals surface area (Å²) in [6, 6.07) is 7.78. The molecule has 0 amide bonds. The van der Waals surface area contributed by atoms with E-state index in [4.69, 9.17) is 0 Å². The number of rotatable bonds is 6. The SMILES string of the molecule is CCNC(=NCCc1ccc(C(=O)OC)cc1)NC(C)C.I. The van der Waals surface area contributed by atoms with Crippen LogP contribution in [0.2, 0.25) is 0 Å². The molecule has 0 aliphatic rings. The van der Waals surface area contributed by atoms with E-state index in [1.54, 1.807) is 12.1 Å². The molecule has 124 valence electrons. The molecular formula is C16H26IN3O2. The highest BCUT2D eigenvalue weighted by atomic mass is 127. The molecule has 1 aromatic carbocycles. The molecule has 0 saturated heterocycles. The van der Waals surface area contributed by atoms with Gasteiger partial charge in [0.05, 0.1) is 12.7 Å². The molecular weight excluding hydrogens is 393 g/mol. The maximum absolute atomic E-state index is 11.3. The number of esters is 1. The van der Waals surface area contributed by atoms with Crippen molar-refractivity contribution in [1.82, 2.24) is 10.6 Å². The van der Waals surface area contributed by atoms with Crippen LogP contribution in [0.1, 0.15) is 36.7 Å². The molecule has 0 spiro atoms. The highest BCUT2D eigenvalue weighted by Crippen LogP contribution is 2.06. The Bertz CT molecular complexity index is 473. The Labute approximate surface area is 149 Å². The van der Waals surface area contributed by atoms with Gasteiger partial charge in [0.2, 0.25) is 0 Å². The van der Waals surface area contributed by atoms with E-state index in [0.717, 1.165) is 24.5 Å². The molecule has 0 saturated carbocycles. The van der Waals surface area contributed by atoms with Crippen molar-refractivity contribution in [2.24, 2.45) is 4.99 Å². The van der Waals surface area contributed by atoms with Crippen LogP contribution in [0.4, 0.5) is 0 Å². The number of carbonyl (C=O) groups excluding carboxylic acids is 1. The zero-order valence-electron chi connectivity index (χ0n) is 13.7. The number of hydrogen-bond donors (Lipinski definition) is 2. The zero-order valence-corrected chi connectivity index (χ0v) is 16.0. The standard InChI is InChI=1S/C16H25N3O2.HI/c1-5-17-16(19-12(2)3)18-11-10-13-6-8-14(9-7-13)15(20)21-4;/h6-9,12H,5,10-11H2,1-4H3,(H2,17,18,19);1H. The first-order chi connectivity index (χ1) is 10.1. The van der Waals surface area contributed by atoms with Crippen LogP contribution in [-0.2, 0) is 11.2 Å². The number of halogens is 1. The third-order valence-corrected chi connectivity index (χ3v) is 2.82. The molecule has 0 atom stereocenters. The van der Waals surface area contributed by atoms with Crippen LogP contribution in [0.25, 0.3) is 0 Å². The Morgan fingerprint density at radius 3 is 2.41 bits per heavy atom. The lowest BCUT2D eigenvalue weighted by Crippen LogP contribution is -2.41. The minimum Gasteiger partial charge on any atom is -0.465 e. The molecule has 0 heterocycles. The summed E-state index contributed by atoms with van der Waals surface area (Å²) < 4.78 is 4.68. The van der Waals surface area contributed by atoms with Gasteiger partial charge in [-0.15, -0.1) is 24.0 Å². The largest absolute Gasteiger partial charge is 0.465 e. The van der Waals surface area contributed by atoms with Gasteiger partial charge in [-0.25, -0.2) is 4.79 Å². The third-order valence-electron chi connectivity index (χ3n) is 2.82. The van der Waals surface area contributed by atoms with E-state index in [-0.39, 0.29) is 29.9 Å². The van der Waals surface area contributed by atoms with Crippen LogP contribution >= 0.6 is 24.0 Å². The van der Waals surface area contributed by atoms with Crippen LogP contribution in [0.3, 0.4) is 0 Å². The minimum absolute atomic E-state index is 0. The molecule has 0 aliphatic heterocycles. The molecule has 22 heavy (non-hydrogen) atoms. The van der Waals surface area contributed by atoms with Gasteiger partial charge in [0.25, 0.3) is 0 Å². The van der Waals surface area contributed by atoms with Gasteiger partial charge in [-0.1, -0.05) is 12.1 Å². The zero-order chi connectivity index (χ0) is 15.7. The van der Waals surface area contributed by atoms with E-state index >= 15 is 0 Å². The van der Waals surface area contributed by atoms with Crippen LogP contribution in [0.15, 0.2) is 29.3 Å². The number of nitrogens with zero attached hydrogens (tertiary/aromatic N) is 1. The summed E-state index contributed by atoms with van der Waals surface area (Å²) in [5.41, 5.74) is 1.71. The second kappa shape index (κ2) is 11.3. The fourth-order valence-electron chi connectivity index (χ4n) is 1.82. The minimum atomic E-state index is -0.310. The second-order valence-electron chi connectivity index (χ2n) is 5.00. The molecule has 0 bridgehead atoms. The van der Waals surface area contributed by atoms with Crippen molar-refractivity contribution in [3.63, 3.8) is 0 Å². The fourth-order valence-corrected chi connectivity index (χ4v) is 1.82. The number of aliphatic imine (C=N–C) groups is 1. The Kier molecular flexibility index (Phi) is 10.6.